The maximum absolute atomic E-state index is 13.1. The number of hydrogen-bond donors (Lipinski definition) is 3. The smallest absolute Gasteiger partial charge is 0.462 e. The number of phosphoric ester groups is 2. The third-order valence-electron chi connectivity index (χ3n) is 15.5. The molecule has 0 aromatic rings. The highest BCUT2D eigenvalue weighted by molar-refractivity contribution is 7.47. The zero-order chi connectivity index (χ0) is 73.2. The number of carbonyl (C=O) groups is 4. The number of carbonyl (C=O) groups excluding carboxylic acids is 4. The summed E-state index contributed by atoms with van der Waals surface area (Å²) in [5.41, 5.74) is 0. The number of allylic oxidation sites excluding steroid dienone is 22. The van der Waals surface area contributed by atoms with E-state index in [4.69, 9.17) is 37.0 Å². The van der Waals surface area contributed by atoms with E-state index in [1.807, 2.05) is 12.2 Å². The first-order valence-electron chi connectivity index (χ1n) is 38.4. The second kappa shape index (κ2) is 72.5. The Labute approximate surface area is 605 Å². The van der Waals surface area contributed by atoms with Gasteiger partial charge < -0.3 is 33.8 Å². The van der Waals surface area contributed by atoms with Gasteiger partial charge in [0.2, 0.25) is 0 Å². The molecule has 0 spiro atoms. The lowest BCUT2D eigenvalue weighted by molar-refractivity contribution is -0.161. The number of esters is 4. The number of unbranched alkanes of at least 4 members (excludes halogenated alkanes) is 23. The van der Waals surface area contributed by atoms with Crippen LogP contribution in [-0.4, -0.2) is 96.7 Å². The first-order valence-corrected chi connectivity index (χ1v) is 41.4. The van der Waals surface area contributed by atoms with Crippen LogP contribution < -0.4 is 0 Å². The van der Waals surface area contributed by atoms with Crippen LogP contribution in [-0.2, 0) is 65.4 Å². The van der Waals surface area contributed by atoms with Crippen LogP contribution in [0.4, 0.5) is 0 Å². The molecule has 0 aliphatic carbocycles. The molecular weight excluding hydrogens is 1310 g/mol. The highest BCUT2D eigenvalue weighted by atomic mass is 31.2. The standard InChI is InChI=1S/C81H136O17P2/c1-5-9-13-17-21-25-29-32-34-36-37-39-41-44-47-50-54-58-62-66-79(84)92-72-77(98-81(86)68-64-60-56-52-48-42-31-27-23-19-15-11-7-3)74-96-100(89,90)94-70-75(82)69-93-99(87,88)95-73-76(97-80(85)67-63-59-55-51-45-28-24-20-16-12-8-4)71-91-78(83)65-61-57-53-49-46-43-40-38-35-33-30-26-22-18-14-10-6-2/h10,14-15,19-22,24-27,31-35,37,39-40,43,49,53,75-77,82H,5-9,11-13,16-18,23,28-30,36,38,41-42,44-48,50-52,54-74H2,1-4H3,(H,87,88)(H,89,90)/b14-10-,19-15-,24-20-,25-21-,26-22-,31-27-,34-32-,35-33-,39-37-,43-40-,53-49-. The number of ether oxygens (including phenoxy) is 4. The molecule has 0 aliphatic rings. The molecule has 0 aromatic carbocycles. The molecule has 0 heterocycles. The number of aliphatic hydroxyl groups excluding tert-OH is 1. The number of hydrogen-bond acceptors (Lipinski definition) is 15. The first-order chi connectivity index (χ1) is 48.7. The Balaban J connectivity index is 5.37. The molecule has 0 saturated heterocycles. The topological polar surface area (TPSA) is 237 Å². The summed E-state index contributed by atoms with van der Waals surface area (Å²) >= 11 is 0. The van der Waals surface area contributed by atoms with Crippen LogP contribution >= 0.6 is 15.6 Å². The van der Waals surface area contributed by atoms with E-state index in [0.29, 0.717) is 32.1 Å². The summed E-state index contributed by atoms with van der Waals surface area (Å²) in [5, 5.41) is 10.6. The lowest BCUT2D eigenvalue weighted by Crippen LogP contribution is -2.30. The van der Waals surface area contributed by atoms with Gasteiger partial charge in [-0.2, -0.15) is 0 Å². The van der Waals surface area contributed by atoms with Crippen molar-refractivity contribution in [3.63, 3.8) is 0 Å². The van der Waals surface area contributed by atoms with E-state index < -0.39 is 97.5 Å². The number of phosphoric acid groups is 2. The van der Waals surface area contributed by atoms with Gasteiger partial charge in [-0.25, -0.2) is 9.13 Å². The summed E-state index contributed by atoms with van der Waals surface area (Å²) < 4.78 is 68.4. The third kappa shape index (κ3) is 71.6. The zero-order valence-electron chi connectivity index (χ0n) is 62.3. The molecular formula is C81H136O17P2. The quantitative estimate of drug-likeness (QED) is 0.0169. The van der Waals surface area contributed by atoms with E-state index in [-0.39, 0.29) is 25.7 Å². The van der Waals surface area contributed by atoms with E-state index in [2.05, 4.69) is 149 Å². The lowest BCUT2D eigenvalue weighted by atomic mass is 10.1. The lowest BCUT2D eigenvalue weighted by Gasteiger charge is -2.21. The van der Waals surface area contributed by atoms with Crippen molar-refractivity contribution < 1.29 is 80.2 Å². The zero-order valence-corrected chi connectivity index (χ0v) is 64.1. The second-order valence-corrected chi connectivity index (χ2v) is 28.1. The summed E-state index contributed by atoms with van der Waals surface area (Å²) in [4.78, 5) is 72.8. The maximum atomic E-state index is 13.1. The van der Waals surface area contributed by atoms with Crippen molar-refractivity contribution in [3.8, 4) is 0 Å². The Bertz CT molecular complexity index is 2420. The normalized spacial score (nSPS) is 14.7. The summed E-state index contributed by atoms with van der Waals surface area (Å²) in [6, 6.07) is 0. The largest absolute Gasteiger partial charge is 0.472 e. The monoisotopic (exact) mass is 1440 g/mol. The van der Waals surface area contributed by atoms with Gasteiger partial charge in [0.1, 0.15) is 19.3 Å². The average Bonchev–Trinajstić information content (AvgIpc) is 0.937. The molecule has 0 aliphatic heterocycles. The van der Waals surface area contributed by atoms with Gasteiger partial charge in [0.05, 0.1) is 26.4 Å². The van der Waals surface area contributed by atoms with Crippen molar-refractivity contribution in [2.24, 2.45) is 0 Å². The van der Waals surface area contributed by atoms with Crippen LogP contribution in [0.3, 0.4) is 0 Å². The highest BCUT2D eigenvalue weighted by Crippen LogP contribution is 2.45. The van der Waals surface area contributed by atoms with Crippen molar-refractivity contribution in [1.82, 2.24) is 0 Å². The molecule has 0 aromatic heterocycles. The molecule has 100 heavy (non-hydrogen) atoms. The fraction of sp³-hybridized carbons (Fsp3) is 0.679. The van der Waals surface area contributed by atoms with Crippen LogP contribution in [0.2, 0.25) is 0 Å². The number of rotatable bonds is 71. The van der Waals surface area contributed by atoms with Gasteiger partial charge in [-0.1, -0.05) is 258 Å². The van der Waals surface area contributed by atoms with E-state index in [9.17, 15) is 43.2 Å². The Morgan fingerprint density at radius 2 is 0.560 bits per heavy atom. The molecule has 0 radical (unpaired) electrons. The van der Waals surface area contributed by atoms with E-state index >= 15 is 0 Å². The number of aliphatic hydroxyl groups is 1. The minimum absolute atomic E-state index is 0.0687. The molecule has 17 nitrogen and oxygen atoms in total. The van der Waals surface area contributed by atoms with Crippen molar-refractivity contribution in [3.05, 3.63) is 134 Å². The van der Waals surface area contributed by atoms with Gasteiger partial charge in [-0.15, -0.1) is 0 Å². The predicted molar refractivity (Wildman–Crippen MR) is 408 cm³/mol. The van der Waals surface area contributed by atoms with Gasteiger partial charge in [0, 0.05) is 25.7 Å². The summed E-state index contributed by atoms with van der Waals surface area (Å²) in [6.45, 7) is 4.51. The highest BCUT2D eigenvalue weighted by Gasteiger charge is 2.30. The molecule has 3 N–H and O–H groups in total. The van der Waals surface area contributed by atoms with E-state index in [1.165, 1.54) is 32.1 Å². The third-order valence-corrected chi connectivity index (χ3v) is 17.5. The second-order valence-electron chi connectivity index (χ2n) is 25.2. The molecule has 5 atom stereocenters. The summed E-state index contributed by atoms with van der Waals surface area (Å²) in [6.07, 6.45) is 80.3. The van der Waals surface area contributed by atoms with Crippen LogP contribution in [0.5, 0.6) is 0 Å². The average molecular weight is 1440 g/mol. The Kier molecular flexibility index (Phi) is 69.1. The van der Waals surface area contributed by atoms with E-state index in [1.54, 1.807) is 0 Å². The van der Waals surface area contributed by atoms with Crippen molar-refractivity contribution in [2.75, 3.05) is 39.6 Å². The van der Waals surface area contributed by atoms with Gasteiger partial charge in [0.15, 0.2) is 12.2 Å². The molecule has 0 bridgehead atoms. The molecule has 0 rings (SSSR count). The van der Waals surface area contributed by atoms with Gasteiger partial charge in [-0.3, -0.25) is 37.3 Å². The molecule has 5 unspecified atom stereocenters. The molecule has 572 valence electrons. The Morgan fingerprint density at radius 3 is 0.920 bits per heavy atom. The van der Waals surface area contributed by atoms with Gasteiger partial charge >= 0.3 is 39.5 Å². The molecule has 0 saturated carbocycles. The first kappa shape index (κ1) is 95.2. The van der Waals surface area contributed by atoms with E-state index in [0.717, 1.165) is 180 Å². The fourth-order valence-corrected chi connectivity index (χ4v) is 11.3. The van der Waals surface area contributed by atoms with Crippen LogP contribution in [0, 0.1) is 0 Å². The maximum Gasteiger partial charge on any atom is 0.472 e. The molecule has 0 fully saturated rings. The Hall–Kier alpha value is -4.80. The van der Waals surface area contributed by atoms with Crippen LogP contribution in [0.25, 0.3) is 0 Å². The molecule has 0 amide bonds. The van der Waals surface area contributed by atoms with Crippen molar-refractivity contribution in [1.29, 1.82) is 0 Å². The molecule has 19 heteroatoms. The van der Waals surface area contributed by atoms with Gasteiger partial charge in [-0.05, 0) is 148 Å². The SMILES string of the molecule is CC/C=C\C/C=C\C/C=C\C/C=C\C/C=C\CCCC(=O)OCC(COP(=O)(O)OCC(O)COP(=O)(O)OCC(COC(=O)CCCCCCCC/C=C\C/C=C\C/C=C\CCCCC)OC(=O)CCCCCCC/C=C\C/C=C\CCC)OC(=O)CCCCCCC/C=C\CCCC. The van der Waals surface area contributed by atoms with Gasteiger partial charge in [0.25, 0.3) is 0 Å². The summed E-state index contributed by atoms with van der Waals surface area (Å²) in [7, 11) is -9.98. The minimum atomic E-state index is -4.99. The fourth-order valence-electron chi connectivity index (χ4n) is 9.69. The minimum Gasteiger partial charge on any atom is -0.462 e. The summed E-state index contributed by atoms with van der Waals surface area (Å²) in [5.74, 6) is -2.29. The Morgan fingerprint density at radius 1 is 0.290 bits per heavy atom. The predicted octanol–water partition coefficient (Wildman–Crippen LogP) is 22.1. The van der Waals surface area contributed by atoms with Crippen LogP contribution in [0.1, 0.15) is 297 Å². The van der Waals surface area contributed by atoms with Crippen molar-refractivity contribution in [2.45, 2.75) is 316 Å². The van der Waals surface area contributed by atoms with Crippen LogP contribution in [0.15, 0.2) is 134 Å². The van der Waals surface area contributed by atoms with Crippen molar-refractivity contribution >= 4 is 39.5 Å².